The summed E-state index contributed by atoms with van der Waals surface area (Å²) in [5, 5.41) is 0.997. The Bertz CT molecular complexity index is 894. The third-order valence-corrected chi connectivity index (χ3v) is 5.58. The summed E-state index contributed by atoms with van der Waals surface area (Å²) < 4.78 is 13.1. The largest absolute Gasteiger partial charge is 0.396 e. The van der Waals surface area contributed by atoms with Crippen LogP contribution in [0, 0.1) is 5.82 Å². The molecule has 0 heterocycles. The molecule has 0 radical (unpaired) electrons. The number of nitrogen functional groups attached to an aromatic ring is 1. The fourth-order valence-electron chi connectivity index (χ4n) is 3.34. The molecule has 160 valence electrons. The van der Waals surface area contributed by atoms with Gasteiger partial charge in [0, 0.05) is 13.1 Å². The van der Waals surface area contributed by atoms with Crippen molar-refractivity contribution in [2.45, 2.75) is 25.8 Å². The lowest BCUT2D eigenvalue weighted by molar-refractivity contribution is 0.265. The second kappa shape index (κ2) is 12.2. The second-order valence-electron chi connectivity index (χ2n) is 7.21. The second-order valence-corrected chi connectivity index (χ2v) is 8.03. The summed E-state index contributed by atoms with van der Waals surface area (Å²) >= 11 is 12.4. The Morgan fingerprint density at radius 2 is 1.40 bits per heavy atom. The Kier molecular flexibility index (Phi) is 9.93. The molecule has 3 aromatic carbocycles. The first kappa shape index (κ1) is 24.5. The first-order valence-electron chi connectivity index (χ1n) is 9.75. The van der Waals surface area contributed by atoms with Crippen LogP contribution < -0.4 is 5.73 Å². The van der Waals surface area contributed by atoms with E-state index in [2.05, 4.69) is 29.2 Å². The Hall–Kier alpha value is -1.78. The fourth-order valence-corrected chi connectivity index (χ4v) is 3.87. The highest BCUT2D eigenvalue weighted by Crippen LogP contribution is 2.29. The number of rotatable bonds is 9. The van der Waals surface area contributed by atoms with Crippen molar-refractivity contribution in [3.05, 3.63) is 99.3 Å². The van der Waals surface area contributed by atoms with E-state index in [1.165, 1.54) is 17.7 Å². The fraction of sp³-hybridized carbons (Fsp3) is 0.250. The summed E-state index contributed by atoms with van der Waals surface area (Å²) in [4.78, 5) is 2.43. The molecule has 3 rings (SSSR count). The van der Waals surface area contributed by atoms with Crippen molar-refractivity contribution in [2.24, 2.45) is 0 Å². The topological polar surface area (TPSA) is 29.3 Å². The summed E-state index contributed by atoms with van der Waals surface area (Å²) in [6, 6.07) is 21.0. The van der Waals surface area contributed by atoms with E-state index in [-0.39, 0.29) is 18.2 Å². The molecule has 3 aromatic rings. The van der Waals surface area contributed by atoms with Gasteiger partial charge in [0.05, 0.1) is 15.7 Å². The van der Waals surface area contributed by atoms with Crippen molar-refractivity contribution in [2.75, 3.05) is 18.8 Å². The molecule has 0 aliphatic carbocycles. The molecule has 0 aliphatic heterocycles. The van der Waals surface area contributed by atoms with Crippen LogP contribution in [-0.2, 0) is 19.4 Å². The summed E-state index contributed by atoms with van der Waals surface area (Å²) in [7, 11) is 0. The van der Waals surface area contributed by atoms with Gasteiger partial charge in [-0.15, -0.1) is 12.4 Å². The van der Waals surface area contributed by atoms with Crippen molar-refractivity contribution in [3.8, 4) is 0 Å². The van der Waals surface area contributed by atoms with E-state index in [9.17, 15) is 4.39 Å². The number of hydrogen-bond donors (Lipinski definition) is 1. The van der Waals surface area contributed by atoms with Gasteiger partial charge in [-0.25, -0.2) is 4.39 Å². The third kappa shape index (κ3) is 7.48. The first-order valence-corrected chi connectivity index (χ1v) is 10.5. The number of halogens is 4. The van der Waals surface area contributed by atoms with Gasteiger partial charge in [0.25, 0.3) is 0 Å². The quantitative estimate of drug-likeness (QED) is 0.350. The third-order valence-electron chi connectivity index (χ3n) is 4.96. The zero-order chi connectivity index (χ0) is 20.6. The monoisotopic (exact) mass is 466 g/mol. The highest BCUT2D eigenvalue weighted by molar-refractivity contribution is 6.38. The predicted octanol–water partition coefficient (Wildman–Crippen LogP) is 6.81. The van der Waals surface area contributed by atoms with Crippen LogP contribution in [0.3, 0.4) is 0 Å². The SMILES string of the molecule is Cl.Nc1c(Cl)cc(CCN(CCCc2ccc(F)cc2)Cc2ccccc2)cc1Cl. The van der Waals surface area contributed by atoms with Crippen LogP contribution in [0.1, 0.15) is 23.1 Å². The summed E-state index contributed by atoms with van der Waals surface area (Å²) in [6.07, 6.45) is 2.76. The average Bonchev–Trinajstić information content (AvgIpc) is 2.72. The van der Waals surface area contributed by atoms with Crippen molar-refractivity contribution in [1.29, 1.82) is 0 Å². The standard InChI is InChI=1S/C24H25Cl2FN2.ClH/c25-22-15-20(16-23(26)24(22)28)12-14-29(17-19-5-2-1-3-6-19)13-4-7-18-8-10-21(27)11-9-18;/h1-3,5-6,8-11,15-16H,4,7,12-14,17,28H2;1H. The Morgan fingerprint density at radius 3 is 2.03 bits per heavy atom. The lowest BCUT2D eigenvalue weighted by Gasteiger charge is -2.23. The van der Waals surface area contributed by atoms with E-state index in [1.54, 1.807) is 0 Å². The van der Waals surface area contributed by atoms with Crippen molar-refractivity contribution < 1.29 is 4.39 Å². The molecule has 30 heavy (non-hydrogen) atoms. The molecule has 0 amide bonds. The maximum Gasteiger partial charge on any atom is 0.123 e. The summed E-state index contributed by atoms with van der Waals surface area (Å²) in [5.74, 6) is -0.194. The van der Waals surface area contributed by atoms with Gasteiger partial charge in [-0.2, -0.15) is 0 Å². The first-order chi connectivity index (χ1) is 14.0. The smallest absolute Gasteiger partial charge is 0.123 e. The zero-order valence-corrected chi connectivity index (χ0v) is 19.0. The van der Waals surface area contributed by atoms with Crippen LogP contribution in [0.5, 0.6) is 0 Å². The van der Waals surface area contributed by atoms with Crippen LogP contribution >= 0.6 is 35.6 Å². The molecule has 0 fully saturated rings. The maximum atomic E-state index is 13.1. The van der Waals surface area contributed by atoms with E-state index in [4.69, 9.17) is 28.9 Å². The molecular weight excluding hydrogens is 442 g/mol. The average molecular weight is 468 g/mol. The molecule has 2 N–H and O–H groups in total. The van der Waals surface area contributed by atoms with Gasteiger partial charge < -0.3 is 5.73 Å². The van der Waals surface area contributed by atoms with Crippen LogP contribution in [0.4, 0.5) is 10.1 Å². The van der Waals surface area contributed by atoms with Gasteiger partial charge >= 0.3 is 0 Å². The molecule has 0 atom stereocenters. The van der Waals surface area contributed by atoms with Crippen LogP contribution in [0.15, 0.2) is 66.7 Å². The van der Waals surface area contributed by atoms with E-state index >= 15 is 0 Å². The minimum Gasteiger partial charge on any atom is -0.396 e. The normalized spacial score (nSPS) is 10.8. The zero-order valence-electron chi connectivity index (χ0n) is 16.7. The van der Waals surface area contributed by atoms with Crippen LogP contribution in [0.25, 0.3) is 0 Å². The van der Waals surface area contributed by atoms with Crippen molar-refractivity contribution in [3.63, 3.8) is 0 Å². The number of hydrogen-bond acceptors (Lipinski definition) is 2. The minimum absolute atomic E-state index is 0. The Morgan fingerprint density at radius 1 is 0.767 bits per heavy atom. The Labute approximate surface area is 194 Å². The predicted molar refractivity (Wildman–Crippen MR) is 128 cm³/mol. The van der Waals surface area contributed by atoms with E-state index in [0.29, 0.717) is 15.7 Å². The number of anilines is 1. The molecule has 6 heteroatoms. The number of aryl methyl sites for hydroxylation is 1. The van der Waals surface area contributed by atoms with Gasteiger partial charge in [-0.1, -0.05) is 65.7 Å². The highest BCUT2D eigenvalue weighted by atomic mass is 35.5. The van der Waals surface area contributed by atoms with Gasteiger partial charge in [0.2, 0.25) is 0 Å². The van der Waals surface area contributed by atoms with Crippen molar-refractivity contribution >= 4 is 41.3 Å². The number of nitrogens with two attached hydrogens (primary N) is 1. The Balaban J connectivity index is 0.00000320. The minimum atomic E-state index is -0.194. The lowest BCUT2D eigenvalue weighted by Crippen LogP contribution is -2.27. The molecule has 0 spiro atoms. The molecule has 0 unspecified atom stereocenters. The summed E-state index contributed by atoms with van der Waals surface area (Å²) in [6.45, 7) is 2.71. The molecule has 0 aromatic heterocycles. The number of nitrogens with zero attached hydrogens (tertiary/aromatic N) is 1. The van der Waals surface area contributed by atoms with Crippen molar-refractivity contribution in [1.82, 2.24) is 4.90 Å². The van der Waals surface area contributed by atoms with Gasteiger partial charge in [-0.3, -0.25) is 4.90 Å². The molecule has 0 bridgehead atoms. The lowest BCUT2D eigenvalue weighted by atomic mass is 10.1. The molecule has 2 nitrogen and oxygen atoms in total. The molecule has 0 aliphatic rings. The van der Waals surface area contributed by atoms with E-state index in [1.807, 2.05) is 30.3 Å². The van der Waals surface area contributed by atoms with E-state index in [0.717, 1.165) is 50.0 Å². The highest BCUT2D eigenvalue weighted by Gasteiger charge is 2.10. The van der Waals surface area contributed by atoms with Gasteiger partial charge in [0.15, 0.2) is 0 Å². The van der Waals surface area contributed by atoms with Crippen LogP contribution in [-0.4, -0.2) is 18.0 Å². The molecule has 0 saturated carbocycles. The molecular formula is C24H26Cl3FN2. The van der Waals surface area contributed by atoms with Crippen LogP contribution in [0.2, 0.25) is 10.0 Å². The van der Waals surface area contributed by atoms with E-state index < -0.39 is 0 Å². The van der Waals surface area contributed by atoms with Gasteiger partial charge in [0.1, 0.15) is 5.82 Å². The number of benzene rings is 3. The maximum absolute atomic E-state index is 13.1. The summed E-state index contributed by atoms with van der Waals surface area (Å²) in [5.41, 5.74) is 9.78. The molecule has 0 saturated heterocycles. The van der Waals surface area contributed by atoms with Gasteiger partial charge in [-0.05, 0) is 66.8 Å².